The summed E-state index contributed by atoms with van der Waals surface area (Å²) in [7, 11) is -3.71. The van der Waals surface area contributed by atoms with Gasteiger partial charge in [0.1, 0.15) is 4.90 Å². The molecule has 0 radical (unpaired) electrons. The van der Waals surface area contributed by atoms with Crippen molar-refractivity contribution in [3.8, 4) is 6.07 Å². The highest BCUT2D eigenvalue weighted by Gasteiger charge is 2.28. The first-order valence-electron chi connectivity index (χ1n) is 6.53. The Morgan fingerprint density at radius 1 is 1.55 bits per heavy atom. The average Bonchev–Trinajstić information content (AvgIpc) is 2.76. The lowest BCUT2D eigenvalue weighted by molar-refractivity contribution is 0.373. The van der Waals surface area contributed by atoms with Gasteiger partial charge in [-0.25, -0.2) is 8.42 Å². The molecule has 0 aliphatic heterocycles. The minimum Gasteiger partial charge on any atom is -0.381 e. The van der Waals surface area contributed by atoms with Gasteiger partial charge in [0, 0.05) is 32.3 Å². The monoisotopic (exact) mass is 299 g/mol. The van der Waals surface area contributed by atoms with E-state index in [4.69, 9.17) is 11.0 Å². The molecule has 0 saturated heterocycles. The second kappa shape index (κ2) is 6.72. The number of hydrogen-bond donors (Lipinski definition) is 1. The molecule has 0 aliphatic rings. The fraction of sp³-hybridized carbons (Fsp3) is 0.667. The first-order valence-corrected chi connectivity index (χ1v) is 7.97. The van der Waals surface area contributed by atoms with Crippen LogP contribution in [0, 0.1) is 17.2 Å². The van der Waals surface area contributed by atoms with Gasteiger partial charge in [-0.2, -0.15) is 14.7 Å². The molecule has 0 aliphatic carbocycles. The van der Waals surface area contributed by atoms with Crippen molar-refractivity contribution in [2.45, 2.75) is 38.6 Å². The number of nitrogens with two attached hydrogens (primary N) is 1. The fourth-order valence-corrected chi connectivity index (χ4v) is 3.47. The molecule has 0 unspecified atom stereocenters. The lowest BCUT2D eigenvalue weighted by Gasteiger charge is -2.22. The molecule has 7 nitrogen and oxygen atoms in total. The molecular weight excluding hydrogens is 278 g/mol. The van der Waals surface area contributed by atoms with Gasteiger partial charge in [0.25, 0.3) is 0 Å². The maximum absolute atomic E-state index is 12.6. The van der Waals surface area contributed by atoms with Crippen molar-refractivity contribution in [3.05, 3.63) is 6.20 Å². The fourth-order valence-electron chi connectivity index (χ4n) is 1.81. The SMILES string of the molecule is CCn1cc(S(=O)(=O)N(CCC#N)CC(C)C)c(N)n1. The number of nitrogen functional groups attached to an aromatic ring is 1. The maximum atomic E-state index is 12.6. The molecule has 1 aromatic rings. The number of aromatic nitrogens is 2. The first kappa shape index (κ1) is 16.5. The van der Waals surface area contributed by atoms with Gasteiger partial charge < -0.3 is 5.73 Å². The van der Waals surface area contributed by atoms with Crippen LogP contribution in [0.25, 0.3) is 0 Å². The van der Waals surface area contributed by atoms with E-state index >= 15 is 0 Å². The zero-order chi connectivity index (χ0) is 15.3. The van der Waals surface area contributed by atoms with Crippen molar-refractivity contribution in [1.29, 1.82) is 5.26 Å². The zero-order valence-corrected chi connectivity index (χ0v) is 12.9. The lowest BCUT2D eigenvalue weighted by Crippen LogP contribution is -2.35. The van der Waals surface area contributed by atoms with Crippen LogP contribution in [-0.4, -0.2) is 35.6 Å². The predicted molar refractivity (Wildman–Crippen MR) is 76.1 cm³/mol. The first-order chi connectivity index (χ1) is 9.32. The maximum Gasteiger partial charge on any atom is 0.248 e. The summed E-state index contributed by atoms with van der Waals surface area (Å²) in [6.07, 6.45) is 1.58. The molecule has 0 spiro atoms. The van der Waals surface area contributed by atoms with Crippen LogP contribution >= 0.6 is 0 Å². The van der Waals surface area contributed by atoms with Crippen molar-refractivity contribution in [2.75, 3.05) is 18.8 Å². The van der Waals surface area contributed by atoms with Crippen LogP contribution in [0.2, 0.25) is 0 Å². The van der Waals surface area contributed by atoms with Crippen LogP contribution in [0.1, 0.15) is 27.2 Å². The number of hydrogen-bond acceptors (Lipinski definition) is 5. The van der Waals surface area contributed by atoms with Crippen molar-refractivity contribution < 1.29 is 8.42 Å². The van der Waals surface area contributed by atoms with Crippen LogP contribution in [-0.2, 0) is 16.6 Å². The molecule has 8 heteroatoms. The van der Waals surface area contributed by atoms with Gasteiger partial charge in [-0.3, -0.25) is 4.68 Å². The van der Waals surface area contributed by atoms with Crippen LogP contribution in [0.4, 0.5) is 5.82 Å². The summed E-state index contributed by atoms with van der Waals surface area (Å²) in [6, 6.07) is 1.97. The summed E-state index contributed by atoms with van der Waals surface area (Å²) in [6.45, 7) is 6.75. The number of nitriles is 1. The molecule has 0 aromatic carbocycles. The molecule has 0 fully saturated rings. The van der Waals surface area contributed by atoms with Gasteiger partial charge in [0.2, 0.25) is 10.0 Å². The smallest absolute Gasteiger partial charge is 0.248 e. The van der Waals surface area contributed by atoms with E-state index in [1.807, 2.05) is 26.8 Å². The third kappa shape index (κ3) is 3.71. The van der Waals surface area contributed by atoms with Gasteiger partial charge in [-0.1, -0.05) is 13.8 Å². The van der Waals surface area contributed by atoms with Crippen molar-refractivity contribution >= 4 is 15.8 Å². The highest BCUT2D eigenvalue weighted by molar-refractivity contribution is 7.89. The third-order valence-corrected chi connectivity index (χ3v) is 4.62. The molecule has 112 valence electrons. The van der Waals surface area contributed by atoms with Crippen molar-refractivity contribution in [2.24, 2.45) is 5.92 Å². The number of rotatable bonds is 7. The lowest BCUT2D eigenvalue weighted by atomic mass is 10.2. The van der Waals surface area contributed by atoms with E-state index in [0.717, 1.165) is 0 Å². The van der Waals surface area contributed by atoms with Crippen LogP contribution in [0.3, 0.4) is 0 Å². The Hall–Kier alpha value is -1.59. The molecule has 20 heavy (non-hydrogen) atoms. The van der Waals surface area contributed by atoms with Gasteiger partial charge in [0.05, 0.1) is 6.07 Å². The highest BCUT2D eigenvalue weighted by atomic mass is 32.2. The Bertz CT molecular complexity index is 585. The van der Waals surface area contributed by atoms with Gasteiger partial charge in [-0.15, -0.1) is 0 Å². The predicted octanol–water partition coefficient (Wildman–Crippen LogP) is 1.05. The van der Waals surface area contributed by atoms with E-state index in [0.29, 0.717) is 13.1 Å². The number of anilines is 1. The van der Waals surface area contributed by atoms with E-state index in [1.54, 1.807) is 0 Å². The number of aryl methyl sites for hydroxylation is 1. The summed E-state index contributed by atoms with van der Waals surface area (Å²) >= 11 is 0. The van der Waals surface area contributed by atoms with Gasteiger partial charge in [0.15, 0.2) is 5.82 Å². The van der Waals surface area contributed by atoms with Crippen molar-refractivity contribution in [3.63, 3.8) is 0 Å². The van der Waals surface area contributed by atoms with Crippen molar-refractivity contribution in [1.82, 2.24) is 14.1 Å². The molecule has 1 rings (SSSR count). The minimum atomic E-state index is -3.71. The summed E-state index contributed by atoms with van der Waals surface area (Å²) in [4.78, 5) is 0.0120. The van der Waals surface area contributed by atoms with E-state index < -0.39 is 10.0 Å². The molecule has 0 amide bonds. The Morgan fingerprint density at radius 2 is 2.20 bits per heavy atom. The Labute approximate surface area is 120 Å². The topological polar surface area (TPSA) is 105 Å². The Morgan fingerprint density at radius 3 is 2.65 bits per heavy atom. The summed E-state index contributed by atoms with van der Waals surface area (Å²) < 4.78 is 28.0. The van der Waals surface area contributed by atoms with Crippen LogP contribution in [0.5, 0.6) is 0 Å². The van der Waals surface area contributed by atoms with E-state index in [9.17, 15) is 8.42 Å². The van der Waals surface area contributed by atoms with Gasteiger partial charge in [-0.05, 0) is 12.8 Å². The van der Waals surface area contributed by atoms with E-state index in [1.165, 1.54) is 15.2 Å². The standard InChI is InChI=1S/C12H21N5O2S/c1-4-16-9-11(12(14)15-16)20(18,19)17(7-5-6-13)8-10(2)3/h9-10H,4-5,7-8H2,1-3H3,(H2,14,15). The summed E-state index contributed by atoms with van der Waals surface area (Å²) in [5.41, 5.74) is 5.70. The molecule has 0 atom stereocenters. The molecule has 1 heterocycles. The quantitative estimate of drug-likeness (QED) is 0.810. The normalized spacial score (nSPS) is 12.0. The summed E-state index contributed by atoms with van der Waals surface area (Å²) in [5, 5.41) is 12.6. The second-order valence-electron chi connectivity index (χ2n) is 4.90. The largest absolute Gasteiger partial charge is 0.381 e. The zero-order valence-electron chi connectivity index (χ0n) is 12.1. The molecular formula is C12H21N5O2S. The molecule has 1 aromatic heterocycles. The number of sulfonamides is 1. The Balaban J connectivity index is 3.14. The minimum absolute atomic E-state index is 0.00226. The second-order valence-corrected chi connectivity index (χ2v) is 6.81. The third-order valence-electron chi connectivity index (χ3n) is 2.74. The Kier molecular flexibility index (Phi) is 5.53. The molecule has 0 bridgehead atoms. The van der Waals surface area contributed by atoms with E-state index in [-0.39, 0.29) is 29.6 Å². The summed E-state index contributed by atoms with van der Waals surface area (Å²) in [5.74, 6) is 0.156. The number of nitrogens with zero attached hydrogens (tertiary/aromatic N) is 4. The highest BCUT2D eigenvalue weighted by Crippen LogP contribution is 2.22. The van der Waals surface area contributed by atoms with Crippen LogP contribution in [0.15, 0.2) is 11.1 Å². The molecule has 0 saturated carbocycles. The van der Waals surface area contributed by atoms with E-state index in [2.05, 4.69) is 5.10 Å². The van der Waals surface area contributed by atoms with Gasteiger partial charge >= 0.3 is 0 Å². The van der Waals surface area contributed by atoms with Crippen LogP contribution < -0.4 is 5.73 Å². The average molecular weight is 299 g/mol. The molecule has 2 N–H and O–H groups in total.